The average Bonchev–Trinajstić information content (AvgIpc) is 2.12. The van der Waals surface area contributed by atoms with Gasteiger partial charge >= 0.3 is 0 Å². The standard InChI is InChI=1S/C10H10O2S/c11-5-8-2-1-3-9(4-8)12-10-6-13-7-10/h1-5,10H,6-7H2. The van der Waals surface area contributed by atoms with Crippen molar-refractivity contribution in [2.24, 2.45) is 0 Å². The van der Waals surface area contributed by atoms with Crippen LogP contribution in [-0.2, 0) is 0 Å². The molecule has 0 bridgehead atoms. The number of thioether (sulfide) groups is 1. The maximum Gasteiger partial charge on any atom is 0.150 e. The van der Waals surface area contributed by atoms with E-state index in [4.69, 9.17) is 4.74 Å². The van der Waals surface area contributed by atoms with Crippen molar-refractivity contribution in [1.82, 2.24) is 0 Å². The van der Waals surface area contributed by atoms with Gasteiger partial charge in [0.1, 0.15) is 18.1 Å². The molecule has 0 aliphatic carbocycles. The van der Waals surface area contributed by atoms with Gasteiger partial charge in [-0.1, -0.05) is 12.1 Å². The minimum atomic E-state index is 0.340. The largest absolute Gasteiger partial charge is 0.489 e. The monoisotopic (exact) mass is 194 g/mol. The fraction of sp³-hybridized carbons (Fsp3) is 0.300. The summed E-state index contributed by atoms with van der Waals surface area (Å²) in [6.45, 7) is 0. The summed E-state index contributed by atoms with van der Waals surface area (Å²) in [6, 6.07) is 7.27. The number of ether oxygens (including phenoxy) is 1. The lowest BCUT2D eigenvalue weighted by molar-refractivity contribution is 0.112. The third kappa shape index (κ3) is 2.04. The Morgan fingerprint density at radius 3 is 2.92 bits per heavy atom. The lowest BCUT2D eigenvalue weighted by atomic mass is 10.2. The second-order valence-corrected chi connectivity index (χ2v) is 4.04. The third-order valence-corrected chi connectivity index (χ3v) is 3.12. The van der Waals surface area contributed by atoms with E-state index in [1.54, 1.807) is 12.1 Å². The summed E-state index contributed by atoms with van der Waals surface area (Å²) in [7, 11) is 0. The molecule has 3 heteroatoms. The SMILES string of the molecule is O=Cc1cccc(OC2CSC2)c1. The number of hydrogen-bond donors (Lipinski definition) is 0. The van der Waals surface area contributed by atoms with Crippen LogP contribution in [-0.4, -0.2) is 23.9 Å². The number of carbonyl (C=O) groups is 1. The van der Waals surface area contributed by atoms with Gasteiger partial charge in [0.05, 0.1) is 0 Å². The van der Waals surface area contributed by atoms with Crippen LogP contribution in [0.2, 0.25) is 0 Å². The molecule has 1 heterocycles. The number of hydrogen-bond acceptors (Lipinski definition) is 3. The molecule has 13 heavy (non-hydrogen) atoms. The van der Waals surface area contributed by atoms with Gasteiger partial charge in [-0.3, -0.25) is 4.79 Å². The topological polar surface area (TPSA) is 26.3 Å². The first-order valence-corrected chi connectivity index (χ1v) is 5.33. The van der Waals surface area contributed by atoms with Crippen LogP contribution in [0.15, 0.2) is 24.3 Å². The Hall–Kier alpha value is -0.960. The molecule has 1 fully saturated rings. The smallest absolute Gasteiger partial charge is 0.150 e. The van der Waals surface area contributed by atoms with Gasteiger partial charge in [-0.15, -0.1) is 0 Å². The Balaban J connectivity index is 2.05. The van der Waals surface area contributed by atoms with Gasteiger partial charge in [-0.25, -0.2) is 0 Å². The zero-order valence-electron chi connectivity index (χ0n) is 7.10. The van der Waals surface area contributed by atoms with Crippen molar-refractivity contribution < 1.29 is 9.53 Å². The summed E-state index contributed by atoms with van der Waals surface area (Å²) in [6.07, 6.45) is 1.18. The van der Waals surface area contributed by atoms with E-state index in [1.165, 1.54) is 0 Å². The molecule has 0 saturated carbocycles. The minimum absolute atomic E-state index is 0.340. The van der Waals surface area contributed by atoms with Crippen molar-refractivity contribution >= 4 is 18.0 Å². The van der Waals surface area contributed by atoms with E-state index in [1.807, 2.05) is 23.9 Å². The van der Waals surface area contributed by atoms with Crippen LogP contribution in [0.25, 0.3) is 0 Å². The fourth-order valence-electron chi connectivity index (χ4n) is 1.14. The van der Waals surface area contributed by atoms with Crippen molar-refractivity contribution in [2.75, 3.05) is 11.5 Å². The van der Waals surface area contributed by atoms with Crippen LogP contribution in [0.3, 0.4) is 0 Å². The molecule has 68 valence electrons. The zero-order chi connectivity index (χ0) is 9.10. The van der Waals surface area contributed by atoms with Gasteiger partial charge in [-0.05, 0) is 12.1 Å². The van der Waals surface area contributed by atoms with E-state index in [0.29, 0.717) is 11.7 Å². The lowest BCUT2D eigenvalue weighted by Gasteiger charge is -2.25. The molecule has 0 amide bonds. The number of aldehydes is 1. The van der Waals surface area contributed by atoms with Crippen LogP contribution >= 0.6 is 11.8 Å². The first-order chi connectivity index (χ1) is 6.38. The lowest BCUT2D eigenvalue weighted by Crippen LogP contribution is -2.30. The van der Waals surface area contributed by atoms with Gasteiger partial charge < -0.3 is 4.74 Å². The van der Waals surface area contributed by atoms with E-state index < -0.39 is 0 Å². The highest BCUT2D eigenvalue weighted by Gasteiger charge is 2.19. The van der Waals surface area contributed by atoms with Gasteiger partial charge in [0, 0.05) is 17.1 Å². The fourth-order valence-corrected chi connectivity index (χ4v) is 1.70. The molecule has 2 rings (SSSR count). The zero-order valence-corrected chi connectivity index (χ0v) is 7.92. The first-order valence-electron chi connectivity index (χ1n) is 4.18. The van der Waals surface area contributed by atoms with Gasteiger partial charge in [0.25, 0.3) is 0 Å². The highest BCUT2D eigenvalue weighted by molar-refractivity contribution is 8.00. The normalized spacial score (nSPS) is 16.3. The quantitative estimate of drug-likeness (QED) is 0.688. The molecule has 1 aliphatic rings. The van der Waals surface area contributed by atoms with Crippen molar-refractivity contribution in [3.63, 3.8) is 0 Å². The maximum absolute atomic E-state index is 10.5. The Kier molecular flexibility index (Phi) is 2.54. The Bertz CT molecular complexity index is 308. The van der Waals surface area contributed by atoms with Gasteiger partial charge in [0.2, 0.25) is 0 Å². The summed E-state index contributed by atoms with van der Waals surface area (Å²) < 4.78 is 5.61. The molecule has 0 N–H and O–H groups in total. The number of carbonyl (C=O) groups excluding carboxylic acids is 1. The molecule has 0 unspecified atom stereocenters. The van der Waals surface area contributed by atoms with E-state index in [0.717, 1.165) is 23.5 Å². The summed E-state index contributed by atoms with van der Waals surface area (Å²) in [5, 5.41) is 0. The minimum Gasteiger partial charge on any atom is -0.489 e. The molecule has 0 spiro atoms. The molecule has 1 aliphatic heterocycles. The Labute approximate surface area is 81.3 Å². The Morgan fingerprint density at radius 1 is 1.46 bits per heavy atom. The summed E-state index contributed by atoms with van der Waals surface area (Å²) in [5.74, 6) is 2.92. The maximum atomic E-state index is 10.5. The highest BCUT2D eigenvalue weighted by Crippen LogP contribution is 2.23. The van der Waals surface area contributed by atoms with Gasteiger partial charge in [0.15, 0.2) is 0 Å². The molecule has 1 aromatic carbocycles. The van der Waals surface area contributed by atoms with E-state index in [9.17, 15) is 4.79 Å². The van der Waals surface area contributed by atoms with Crippen LogP contribution < -0.4 is 4.74 Å². The average molecular weight is 194 g/mol. The third-order valence-electron chi connectivity index (χ3n) is 1.90. The van der Waals surface area contributed by atoms with Gasteiger partial charge in [-0.2, -0.15) is 11.8 Å². The van der Waals surface area contributed by atoms with Crippen LogP contribution in [0, 0.1) is 0 Å². The van der Waals surface area contributed by atoms with Crippen LogP contribution in [0.5, 0.6) is 5.75 Å². The van der Waals surface area contributed by atoms with Crippen molar-refractivity contribution in [2.45, 2.75) is 6.10 Å². The molecule has 1 aromatic rings. The summed E-state index contributed by atoms with van der Waals surface area (Å²) in [4.78, 5) is 10.5. The van der Waals surface area contributed by atoms with E-state index in [-0.39, 0.29) is 0 Å². The Morgan fingerprint density at radius 2 is 2.31 bits per heavy atom. The molecular weight excluding hydrogens is 184 g/mol. The van der Waals surface area contributed by atoms with E-state index >= 15 is 0 Å². The summed E-state index contributed by atoms with van der Waals surface area (Å²) >= 11 is 1.88. The number of benzene rings is 1. The second kappa shape index (κ2) is 3.83. The molecule has 0 atom stereocenters. The van der Waals surface area contributed by atoms with Crippen molar-refractivity contribution in [3.05, 3.63) is 29.8 Å². The van der Waals surface area contributed by atoms with E-state index in [2.05, 4.69) is 0 Å². The molecule has 2 nitrogen and oxygen atoms in total. The predicted molar refractivity (Wildman–Crippen MR) is 53.6 cm³/mol. The summed E-state index contributed by atoms with van der Waals surface area (Å²) in [5.41, 5.74) is 0.671. The van der Waals surface area contributed by atoms with Crippen LogP contribution in [0.4, 0.5) is 0 Å². The van der Waals surface area contributed by atoms with Crippen LogP contribution in [0.1, 0.15) is 10.4 Å². The van der Waals surface area contributed by atoms with Crippen molar-refractivity contribution in [1.29, 1.82) is 0 Å². The molecular formula is C10H10O2S. The molecule has 0 aromatic heterocycles. The molecule has 1 saturated heterocycles. The molecule has 0 radical (unpaired) electrons. The first kappa shape index (κ1) is 8.63. The van der Waals surface area contributed by atoms with Crippen molar-refractivity contribution in [3.8, 4) is 5.75 Å². The second-order valence-electron chi connectivity index (χ2n) is 2.97. The number of rotatable bonds is 3. The highest BCUT2D eigenvalue weighted by atomic mass is 32.2. The predicted octanol–water partition coefficient (Wildman–Crippen LogP) is 1.99.